The van der Waals surface area contributed by atoms with Gasteiger partial charge in [-0.3, -0.25) is 4.79 Å². The molecule has 1 aliphatic heterocycles. The number of hydrogen-bond donors (Lipinski definition) is 0. The number of aromatic nitrogens is 4. The first kappa shape index (κ1) is 13.7. The Kier molecular flexibility index (Phi) is 3.19. The molecule has 0 N–H and O–H groups in total. The first-order valence-electron chi connectivity index (χ1n) is 6.85. The zero-order chi connectivity index (χ0) is 15.0. The van der Waals surface area contributed by atoms with Gasteiger partial charge in [-0.1, -0.05) is 25.9 Å². The molecule has 0 atom stereocenters. The summed E-state index contributed by atoms with van der Waals surface area (Å²) in [4.78, 5) is 26.4. The van der Waals surface area contributed by atoms with E-state index in [1.165, 1.54) is 0 Å². The average molecular weight is 287 g/mol. The largest absolute Gasteiger partial charge is 0.341 e. The van der Waals surface area contributed by atoms with Crippen LogP contribution < -0.4 is 0 Å². The van der Waals surface area contributed by atoms with Gasteiger partial charge in [0.1, 0.15) is 0 Å². The van der Waals surface area contributed by atoms with Gasteiger partial charge in [0.15, 0.2) is 0 Å². The number of carbonyl (C=O) groups excluding carboxylic acids is 1. The Balaban J connectivity index is 1.66. The van der Waals surface area contributed by atoms with E-state index < -0.39 is 0 Å². The summed E-state index contributed by atoms with van der Waals surface area (Å²) in [5.74, 6) is 1.60. The van der Waals surface area contributed by atoms with Crippen molar-refractivity contribution in [1.29, 1.82) is 0 Å². The van der Waals surface area contributed by atoms with Gasteiger partial charge < -0.3 is 9.42 Å². The molecule has 21 heavy (non-hydrogen) atoms. The number of amides is 1. The molecular formula is C14H17N5O2. The Morgan fingerprint density at radius 2 is 1.90 bits per heavy atom. The molecule has 3 rings (SSSR count). The van der Waals surface area contributed by atoms with Gasteiger partial charge in [-0.25, -0.2) is 9.97 Å². The number of nitrogens with zero attached hydrogens (tertiary/aromatic N) is 5. The van der Waals surface area contributed by atoms with E-state index in [4.69, 9.17) is 4.52 Å². The number of likely N-dealkylation sites (tertiary alicyclic amines) is 1. The highest BCUT2D eigenvalue weighted by Gasteiger charge is 2.39. The van der Waals surface area contributed by atoms with Crippen LogP contribution in [0.4, 0.5) is 0 Å². The van der Waals surface area contributed by atoms with Crippen molar-refractivity contribution in [3.63, 3.8) is 0 Å². The zero-order valence-electron chi connectivity index (χ0n) is 12.3. The van der Waals surface area contributed by atoms with E-state index in [0.717, 1.165) is 0 Å². The molecule has 0 spiro atoms. The maximum Gasteiger partial charge on any atom is 0.240 e. The fraction of sp³-hybridized carbons (Fsp3) is 0.500. The lowest BCUT2D eigenvalue weighted by atomic mass is 9.90. The Morgan fingerprint density at radius 3 is 2.52 bits per heavy atom. The lowest BCUT2D eigenvalue weighted by Crippen LogP contribution is -2.52. The van der Waals surface area contributed by atoms with Crippen LogP contribution in [0.2, 0.25) is 0 Å². The van der Waals surface area contributed by atoms with Gasteiger partial charge in [0, 0.05) is 30.9 Å². The minimum absolute atomic E-state index is 0.0984. The quantitative estimate of drug-likeness (QED) is 0.832. The summed E-state index contributed by atoms with van der Waals surface area (Å²) in [6.07, 6.45) is 3.26. The van der Waals surface area contributed by atoms with E-state index in [1.807, 2.05) is 25.7 Å². The molecule has 1 amide bonds. The van der Waals surface area contributed by atoms with E-state index in [0.29, 0.717) is 30.6 Å². The fourth-order valence-electron chi connectivity index (χ4n) is 2.18. The summed E-state index contributed by atoms with van der Waals surface area (Å²) in [5, 5.41) is 3.89. The third kappa shape index (κ3) is 2.63. The molecule has 1 saturated heterocycles. The van der Waals surface area contributed by atoms with Gasteiger partial charge in [-0.2, -0.15) is 4.98 Å². The first-order chi connectivity index (χ1) is 9.95. The third-order valence-electron chi connectivity index (χ3n) is 3.37. The topological polar surface area (TPSA) is 85.0 Å². The van der Waals surface area contributed by atoms with Crippen molar-refractivity contribution in [2.75, 3.05) is 13.1 Å². The van der Waals surface area contributed by atoms with Crippen molar-refractivity contribution in [2.24, 2.45) is 5.41 Å². The zero-order valence-corrected chi connectivity index (χ0v) is 12.3. The molecular weight excluding hydrogens is 270 g/mol. The normalized spacial score (nSPS) is 15.9. The predicted molar refractivity (Wildman–Crippen MR) is 74.1 cm³/mol. The Hall–Kier alpha value is -2.31. The molecule has 1 aliphatic rings. The van der Waals surface area contributed by atoms with Crippen LogP contribution in [0.1, 0.15) is 32.6 Å². The summed E-state index contributed by atoms with van der Waals surface area (Å²) in [6, 6.07) is 1.73. The van der Waals surface area contributed by atoms with Crippen LogP contribution in [0.25, 0.3) is 11.6 Å². The average Bonchev–Trinajstić information content (AvgIpc) is 2.86. The highest BCUT2D eigenvalue weighted by atomic mass is 16.5. The lowest BCUT2D eigenvalue weighted by Gasteiger charge is -2.40. The molecule has 0 bridgehead atoms. The van der Waals surface area contributed by atoms with Gasteiger partial charge in [-0.15, -0.1) is 0 Å². The van der Waals surface area contributed by atoms with Gasteiger partial charge in [0.2, 0.25) is 23.4 Å². The van der Waals surface area contributed by atoms with Crippen molar-refractivity contribution >= 4 is 5.91 Å². The highest BCUT2D eigenvalue weighted by molar-refractivity contribution is 5.82. The Bertz CT molecular complexity index is 641. The summed E-state index contributed by atoms with van der Waals surface area (Å²) in [5.41, 5.74) is -0.358. The van der Waals surface area contributed by atoms with Crippen molar-refractivity contribution in [3.05, 3.63) is 24.4 Å². The van der Waals surface area contributed by atoms with Gasteiger partial charge >= 0.3 is 0 Å². The van der Waals surface area contributed by atoms with E-state index in [2.05, 4.69) is 20.1 Å². The summed E-state index contributed by atoms with van der Waals surface area (Å²) >= 11 is 0. The molecule has 2 aromatic rings. The van der Waals surface area contributed by atoms with Crippen LogP contribution in [0, 0.1) is 5.41 Å². The van der Waals surface area contributed by atoms with Crippen molar-refractivity contribution < 1.29 is 9.32 Å². The van der Waals surface area contributed by atoms with Crippen LogP contribution >= 0.6 is 0 Å². The molecule has 0 unspecified atom stereocenters. The van der Waals surface area contributed by atoms with Crippen molar-refractivity contribution in [2.45, 2.75) is 26.7 Å². The van der Waals surface area contributed by atoms with Crippen LogP contribution in [0.15, 0.2) is 23.0 Å². The molecule has 0 saturated carbocycles. The minimum atomic E-state index is -0.358. The van der Waals surface area contributed by atoms with E-state index in [9.17, 15) is 4.79 Å². The van der Waals surface area contributed by atoms with Crippen LogP contribution in [0.5, 0.6) is 0 Å². The molecule has 0 radical (unpaired) electrons. The second-order valence-electron chi connectivity index (χ2n) is 6.19. The van der Waals surface area contributed by atoms with Crippen LogP contribution in [-0.2, 0) is 4.79 Å². The van der Waals surface area contributed by atoms with E-state index in [-0.39, 0.29) is 17.2 Å². The molecule has 110 valence electrons. The summed E-state index contributed by atoms with van der Waals surface area (Å²) in [6.45, 7) is 6.99. The second-order valence-corrected chi connectivity index (χ2v) is 6.19. The second kappa shape index (κ2) is 4.91. The number of hydrogen-bond acceptors (Lipinski definition) is 6. The molecule has 3 heterocycles. The monoisotopic (exact) mass is 287 g/mol. The van der Waals surface area contributed by atoms with E-state index >= 15 is 0 Å². The molecule has 1 fully saturated rings. The predicted octanol–water partition coefficient (Wildman–Crippen LogP) is 1.50. The Morgan fingerprint density at radius 1 is 1.24 bits per heavy atom. The minimum Gasteiger partial charge on any atom is -0.341 e. The molecule has 0 aromatic carbocycles. The van der Waals surface area contributed by atoms with Crippen molar-refractivity contribution in [3.8, 4) is 11.6 Å². The molecule has 7 nitrogen and oxygen atoms in total. The SMILES string of the molecule is CC(C)(C)C(=O)N1CC(c2nc(-c3ncccn3)no2)C1. The smallest absolute Gasteiger partial charge is 0.240 e. The maximum atomic E-state index is 12.1. The van der Waals surface area contributed by atoms with Gasteiger partial charge in [0.05, 0.1) is 5.92 Å². The molecule has 2 aromatic heterocycles. The molecule has 7 heteroatoms. The highest BCUT2D eigenvalue weighted by Crippen LogP contribution is 2.30. The van der Waals surface area contributed by atoms with Crippen molar-refractivity contribution in [1.82, 2.24) is 25.0 Å². The molecule has 0 aliphatic carbocycles. The lowest BCUT2D eigenvalue weighted by molar-refractivity contribution is -0.144. The standard InChI is InChI=1S/C14H17N5O2/c1-14(2,3)13(20)19-7-9(8-19)12-17-11(18-21-12)10-15-5-4-6-16-10/h4-6,9H,7-8H2,1-3H3. The first-order valence-corrected chi connectivity index (χ1v) is 6.85. The third-order valence-corrected chi connectivity index (χ3v) is 3.37. The van der Waals surface area contributed by atoms with E-state index in [1.54, 1.807) is 18.5 Å². The fourth-order valence-corrected chi connectivity index (χ4v) is 2.18. The summed E-state index contributed by atoms with van der Waals surface area (Å²) < 4.78 is 5.26. The van der Waals surface area contributed by atoms with Gasteiger partial charge in [-0.05, 0) is 6.07 Å². The summed E-state index contributed by atoms with van der Waals surface area (Å²) in [7, 11) is 0. The Labute approximate surface area is 122 Å². The number of rotatable bonds is 2. The number of carbonyl (C=O) groups is 1. The van der Waals surface area contributed by atoms with Crippen LogP contribution in [0.3, 0.4) is 0 Å². The van der Waals surface area contributed by atoms with Crippen LogP contribution in [-0.4, -0.2) is 44.0 Å². The maximum absolute atomic E-state index is 12.1. The van der Waals surface area contributed by atoms with Gasteiger partial charge in [0.25, 0.3) is 0 Å².